The Morgan fingerprint density at radius 3 is 2.92 bits per heavy atom. The maximum atomic E-state index is 10.9. The standard InChI is InChI=1S/C10H19NO2/c1-3-5-10(13)11-7-4-6-9(2)8-12/h3,9,12H,1,4-8H2,2H3,(H,11,13). The van der Waals surface area contributed by atoms with Crippen molar-refractivity contribution in [1.29, 1.82) is 0 Å². The third kappa shape index (κ3) is 7.53. The molecule has 13 heavy (non-hydrogen) atoms. The van der Waals surface area contributed by atoms with Crippen LogP contribution in [0.4, 0.5) is 0 Å². The van der Waals surface area contributed by atoms with Gasteiger partial charge in [0.15, 0.2) is 0 Å². The van der Waals surface area contributed by atoms with Gasteiger partial charge in [0, 0.05) is 19.6 Å². The van der Waals surface area contributed by atoms with Crippen LogP contribution in [-0.4, -0.2) is 24.2 Å². The van der Waals surface area contributed by atoms with Crippen LogP contribution < -0.4 is 5.32 Å². The molecule has 0 aliphatic rings. The number of hydrogen-bond acceptors (Lipinski definition) is 2. The van der Waals surface area contributed by atoms with Gasteiger partial charge in [-0.2, -0.15) is 0 Å². The third-order valence-electron chi connectivity index (χ3n) is 1.84. The highest BCUT2D eigenvalue weighted by atomic mass is 16.3. The third-order valence-corrected chi connectivity index (χ3v) is 1.84. The van der Waals surface area contributed by atoms with Crippen molar-refractivity contribution in [2.75, 3.05) is 13.2 Å². The van der Waals surface area contributed by atoms with Crippen LogP contribution in [0.25, 0.3) is 0 Å². The zero-order valence-electron chi connectivity index (χ0n) is 8.25. The molecule has 0 aromatic heterocycles. The Kier molecular flexibility index (Phi) is 7.30. The molecule has 3 nitrogen and oxygen atoms in total. The molecule has 0 fully saturated rings. The van der Waals surface area contributed by atoms with Crippen LogP contribution in [0.5, 0.6) is 0 Å². The highest BCUT2D eigenvalue weighted by Gasteiger charge is 2.00. The molecule has 0 saturated heterocycles. The Labute approximate surface area is 79.8 Å². The number of aliphatic hydroxyl groups is 1. The Balaban J connectivity index is 3.25. The molecule has 2 N–H and O–H groups in total. The van der Waals surface area contributed by atoms with E-state index in [-0.39, 0.29) is 12.5 Å². The highest BCUT2D eigenvalue weighted by Crippen LogP contribution is 2.02. The lowest BCUT2D eigenvalue weighted by Crippen LogP contribution is -2.23. The van der Waals surface area contributed by atoms with Crippen molar-refractivity contribution in [2.24, 2.45) is 5.92 Å². The molecule has 0 saturated carbocycles. The minimum Gasteiger partial charge on any atom is -0.396 e. The summed E-state index contributed by atoms with van der Waals surface area (Å²) in [5, 5.41) is 11.5. The van der Waals surface area contributed by atoms with Crippen molar-refractivity contribution in [2.45, 2.75) is 26.2 Å². The largest absolute Gasteiger partial charge is 0.396 e. The molecular weight excluding hydrogens is 166 g/mol. The van der Waals surface area contributed by atoms with E-state index in [1.807, 2.05) is 6.92 Å². The quantitative estimate of drug-likeness (QED) is 0.461. The average Bonchev–Trinajstić information content (AvgIpc) is 2.12. The van der Waals surface area contributed by atoms with Crippen molar-refractivity contribution in [3.63, 3.8) is 0 Å². The number of aliphatic hydroxyl groups excluding tert-OH is 1. The van der Waals surface area contributed by atoms with Crippen molar-refractivity contribution in [3.8, 4) is 0 Å². The molecule has 0 spiro atoms. The van der Waals surface area contributed by atoms with Crippen LogP contribution in [0.15, 0.2) is 12.7 Å². The molecule has 1 unspecified atom stereocenters. The first-order valence-corrected chi connectivity index (χ1v) is 4.69. The Hall–Kier alpha value is -0.830. The minimum atomic E-state index is 0.0200. The highest BCUT2D eigenvalue weighted by molar-refractivity contribution is 5.77. The van der Waals surface area contributed by atoms with Crippen molar-refractivity contribution < 1.29 is 9.90 Å². The first-order valence-electron chi connectivity index (χ1n) is 4.69. The summed E-state index contributed by atoms with van der Waals surface area (Å²) < 4.78 is 0. The van der Waals surface area contributed by atoms with Gasteiger partial charge in [-0.1, -0.05) is 13.0 Å². The second-order valence-electron chi connectivity index (χ2n) is 3.27. The van der Waals surface area contributed by atoms with E-state index in [2.05, 4.69) is 11.9 Å². The Morgan fingerprint density at radius 2 is 2.38 bits per heavy atom. The Morgan fingerprint density at radius 1 is 1.69 bits per heavy atom. The fourth-order valence-electron chi connectivity index (χ4n) is 0.973. The minimum absolute atomic E-state index is 0.0200. The predicted molar refractivity (Wildman–Crippen MR) is 53.3 cm³/mol. The fraction of sp³-hybridized carbons (Fsp3) is 0.700. The van der Waals surface area contributed by atoms with Gasteiger partial charge in [-0.15, -0.1) is 6.58 Å². The zero-order valence-corrected chi connectivity index (χ0v) is 8.25. The van der Waals surface area contributed by atoms with Gasteiger partial charge in [-0.05, 0) is 18.8 Å². The molecule has 0 aromatic carbocycles. The molecule has 1 amide bonds. The predicted octanol–water partition coefficient (Wildman–Crippen LogP) is 1.09. The fourth-order valence-corrected chi connectivity index (χ4v) is 0.973. The molecule has 0 heterocycles. The van der Waals surface area contributed by atoms with Crippen molar-refractivity contribution in [3.05, 3.63) is 12.7 Å². The van der Waals surface area contributed by atoms with Crippen molar-refractivity contribution in [1.82, 2.24) is 5.32 Å². The van der Waals surface area contributed by atoms with E-state index in [0.717, 1.165) is 12.8 Å². The van der Waals surface area contributed by atoms with Crippen LogP contribution in [0, 0.1) is 5.92 Å². The lowest BCUT2D eigenvalue weighted by Gasteiger charge is -2.07. The lowest BCUT2D eigenvalue weighted by atomic mass is 10.1. The smallest absolute Gasteiger partial charge is 0.223 e. The zero-order chi connectivity index (χ0) is 10.1. The summed E-state index contributed by atoms with van der Waals surface area (Å²) in [7, 11) is 0. The molecule has 0 radical (unpaired) electrons. The Bertz CT molecular complexity index is 157. The van der Waals surface area contributed by atoms with Crippen LogP contribution in [0.2, 0.25) is 0 Å². The van der Waals surface area contributed by atoms with E-state index in [0.29, 0.717) is 18.9 Å². The molecule has 0 aliphatic carbocycles. The van der Waals surface area contributed by atoms with Crippen LogP contribution in [0.1, 0.15) is 26.2 Å². The average molecular weight is 185 g/mol. The van der Waals surface area contributed by atoms with E-state index < -0.39 is 0 Å². The van der Waals surface area contributed by atoms with Gasteiger partial charge in [0.25, 0.3) is 0 Å². The second kappa shape index (κ2) is 7.80. The molecule has 0 aliphatic heterocycles. The van der Waals surface area contributed by atoms with Gasteiger partial charge in [0.2, 0.25) is 5.91 Å². The number of carbonyl (C=O) groups excluding carboxylic acids is 1. The van der Waals surface area contributed by atoms with E-state index in [1.165, 1.54) is 0 Å². The topological polar surface area (TPSA) is 49.3 Å². The number of carbonyl (C=O) groups is 1. The van der Waals surface area contributed by atoms with Crippen molar-refractivity contribution >= 4 is 5.91 Å². The normalized spacial score (nSPS) is 12.2. The van der Waals surface area contributed by atoms with Gasteiger partial charge >= 0.3 is 0 Å². The summed E-state index contributed by atoms with van der Waals surface area (Å²) in [5.74, 6) is 0.350. The van der Waals surface area contributed by atoms with Gasteiger partial charge in [-0.25, -0.2) is 0 Å². The van der Waals surface area contributed by atoms with Gasteiger partial charge in [-0.3, -0.25) is 4.79 Å². The number of rotatable bonds is 7. The number of hydrogen-bond donors (Lipinski definition) is 2. The van der Waals surface area contributed by atoms with E-state index >= 15 is 0 Å². The SMILES string of the molecule is C=CCC(=O)NCCCC(C)CO. The molecule has 0 aromatic rings. The summed E-state index contributed by atoms with van der Waals surface area (Å²) in [6.45, 7) is 6.38. The van der Waals surface area contributed by atoms with E-state index in [1.54, 1.807) is 6.08 Å². The van der Waals surface area contributed by atoms with Gasteiger partial charge in [0.05, 0.1) is 0 Å². The lowest BCUT2D eigenvalue weighted by molar-refractivity contribution is -0.120. The van der Waals surface area contributed by atoms with E-state index in [4.69, 9.17) is 5.11 Å². The monoisotopic (exact) mass is 185 g/mol. The van der Waals surface area contributed by atoms with Crippen LogP contribution in [-0.2, 0) is 4.79 Å². The van der Waals surface area contributed by atoms with Gasteiger partial charge in [0.1, 0.15) is 0 Å². The summed E-state index contributed by atoms with van der Waals surface area (Å²) in [4.78, 5) is 10.9. The molecule has 0 bridgehead atoms. The molecule has 76 valence electrons. The van der Waals surface area contributed by atoms with Gasteiger partial charge < -0.3 is 10.4 Å². The van der Waals surface area contributed by atoms with Crippen LogP contribution >= 0.6 is 0 Å². The molecule has 1 atom stereocenters. The number of nitrogens with one attached hydrogen (secondary N) is 1. The van der Waals surface area contributed by atoms with E-state index in [9.17, 15) is 4.79 Å². The summed E-state index contributed by atoms with van der Waals surface area (Å²) >= 11 is 0. The molecular formula is C10H19NO2. The first-order chi connectivity index (χ1) is 6.20. The molecule has 0 rings (SSSR count). The molecule has 3 heteroatoms. The maximum absolute atomic E-state index is 10.9. The summed E-state index contributed by atoms with van der Waals surface area (Å²) in [5.41, 5.74) is 0. The summed E-state index contributed by atoms with van der Waals surface area (Å²) in [6.07, 6.45) is 3.84. The van der Waals surface area contributed by atoms with Crippen LogP contribution in [0.3, 0.4) is 0 Å². The first kappa shape index (κ1) is 12.2. The second-order valence-corrected chi connectivity index (χ2v) is 3.27. The maximum Gasteiger partial charge on any atom is 0.223 e. The summed E-state index contributed by atoms with van der Waals surface area (Å²) in [6, 6.07) is 0. The number of amides is 1.